The van der Waals surface area contributed by atoms with Crippen molar-refractivity contribution >= 4 is 47.4 Å². The monoisotopic (exact) mass is 768 g/mol. The lowest BCUT2D eigenvalue weighted by atomic mass is 9.97. The first kappa shape index (κ1) is 46.7. The number of imidazole rings is 1. The van der Waals surface area contributed by atoms with Gasteiger partial charge in [-0.1, -0.05) is 34.1 Å². The van der Waals surface area contributed by atoms with Crippen LogP contribution < -0.4 is 48.7 Å². The van der Waals surface area contributed by atoms with Gasteiger partial charge < -0.3 is 69.0 Å². The van der Waals surface area contributed by atoms with E-state index in [1.54, 1.807) is 27.7 Å². The van der Waals surface area contributed by atoms with Crippen molar-refractivity contribution in [1.29, 1.82) is 5.41 Å². The van der Waals surface area contributed by atoms with Crippen molar-refractivity contribution in [2.45, 2.75) is 103 Å². The molecule has 1 rings (SSSR count). The van der Waals surface area contributed by atoms with Gasteiger partial charge in [0.25, 0.3) is 0 Å². The normalized spacial score (nSPS) is 15.5. The summed E-state index contributed by atoms with van der Waals surface area (Å²) < 4.78 is 0. The van der Waals surface area contributed by atoms with Crippen molar-refractivity contribution in [1.82, 2.24) is 47.2 Å². The molecule has 1 heterocycles. The van der Waals surface area contributed by atoms with Crippen LogP contribution >= 0.6 is 0 Å². The van der Waals surface area contributed by atoms with Crippen LogP contribution in [0.15, 0.2) is 12.5 Å². The first-order chi connectivity index (χ1) is 25.4. The number of guanidine groups is 1. The van der Waals surface area contributed by atoms with Gasteiger partial charge in [0.1, 0.15) is 42.3 Å². The van der Waals surface area contributed by atoms with Crippen LogP contribution in [-0.2, 0) is 40.0 Å². The fraction of sp³-hybridized carbons (Fsp3) is 0.656. The van der Waals surface area contributed by atoms with Crippen molar-refractivity contribution in [3.63, 3.8) is 0 Å². The zero-order chi connectivity index (χ0) is 41.1. The number of aliphatic carboxylic acids is 1. The molecule has 6 amide bonds. The number of nitrogens with two attached hydrogens (primary N) is 2. The van der Waals surface area contributed by atoms with Gasteiger partial charge in [0.15, 0.2) is 5.96 Å². The highest BCUT2D eigenvalue weighted by molar-refractivity contribution is 5.97. The molecule has 54 heavy (non-hydrogen) atoms. The summed E-state index contributed by atoms with van der Waals surface area (Å²) in [6.07, 6.45) is 3.32. The van der Waals surface area contributed by atoms with E-state index in [9.17, 15) is 48.9 Å². The van der Waals surface area contributed by atoms with Gasteiger partial charge in [0, 0.05) is 19.2 Å². The standard InChI is InChI=1S/C32H56N12O10/c1-6-16(4)24(44-28(50)21(10-18-11-36-14-38-18)41-26(48)19(33)12-45)30(52)39-17(5)25(47)40-20(8-7-9-37-32(34)35)27(49)42-22(13-46)29(51)43-23(15(2)3)31(53)54/h11,14-17,19-24,45-46H,6-10,12-13,33H2,1-5H3,(H,36,38)(H,39,52)(H,40,47)(H,41,48)(H,42,49)(H,43,51)(H,44,50)(H,53,54)(H4,34,35,37)/t16-,17-,19-,20-,21-,22-,23-,24-/m0/s1. The largest absolute Gasteiger partial charge is 0.480 e. The van der Waals surface area contributed by atoms with Crippen molar-refractivity contribution in [3.8, 4) is 0 Å². The Bertz CT molecular complexity index is 1430. The topological polar surface area (TPSA) is 369 Å². The van der Waals surface area contributed by atoms with E-state index >= 15 is 0 Å². The quantitative estimate of drug-likeness (QED) is 0.0267. The van der Waals surface area contributed by atoms with Crippen LogP contribution in [-0.4, -0.2) is 135 Å². The molecule has 0 saturated heterocycles. The molecule has 0 fully saturated rings. The molecule has 0 aliphatic rings. The Morgan fingerprint density at radius 3 is 1.89 bits per heavy atom. The lowest BCUT2D eigenvalue weighted by Gasteiger charge is -2.28. The molecule has 0 aliphatic heterocycles. The Morgan fingerprint density at radius 2 is 1.37 bits per heavy atom. The number of aromatic nitrogens is 2. The van der Waals surface area contributed by atoms with E-state index in [1.807, 2.05) is 0 Å². The summed E-state index contributed by atoms with van der Waals surface area (Å²) in [4.78, 5) is 97.3. The van der Waals surface area contributed by atoms with Crippen LogP contribution in [0.2, 0.25) is 0 Å². The minimum absolute atomic E-state index is 0.0589. The number of nitrogens with zero attached hydrogens (tertiary/aromatic N) is 1. The Kier molecular flexibility index (Phi) is 20.2. The lowest BCUT2D eigenvalue weighted by molar-refractivity contribution is -0.143. The number of aliphatic hydroxyl groups excluding tert-OH is 2. The SMILES string of the molecule is CC[C@H](C)[C@H](NC(=O)[C@H](Cc1c[nH]cn1)NC(=O)[C@@H](N)CO)C(=O)N[C@@H](C)C(=O)N[C@@H](CCCNC(=N)N)C(=O)N[C@@H](CO)C(=O)N[C@H](C(=O)O)C(C)C. The van der Waals surface area contributed by atoms with Crippen LogP contribution in [0, 0.1) is 17.2 Å². The predicted molar refractivity (Wildman–Crippen MR) is 193 cm³/mol. The molecule has 0 saturated carbocycles. The second-order valence-corrected chi connectivity index (χ2v) is 13.1. The van der Waals surface area contributed by atoms with Gasteiger partial charge in [-0.05, 0) is 31.6 Å². The zero-order valence-corrected chi connectivity index (χ0v) is 31.1. The number of carbonyl (C=O) groups is 7. The Labute approximate surface area is 312 Å². The van der Waals surface area contributed by atoms with E-state index in [4.69, 9.17) is 16.9 Å². The molecule has 16 N–H and O–H groups in total. The third-order valence-electron chi connectivity index (χ3n) is 8.34. The summed E-state index contributed by atoms with van der Waals surface area (Å²) >= 11 is 0. The van der Waals surface area contributed by atoms with Crippen molar-refractivity contribution < 1.29 is 48.9 Å². The maximum Gasteiger partial charge on any atom is 0.326 e. The van der Waals surface area contributed by atoms with E-state index in [0.29, 0.717) is 12.1 Å². The third kappa shape index (κ3) is 15.7. The van der Waals surface area contributed by atoms with Gasteiger partial charge in [-0.2, -0.15) is 0 Å². The fourth-order valence-electron chi connectivity index (χ4n) is 4.84. The molecule has 22 nitrogen and oxygen atoms in total. The lowest BCUT2D eigenvalue weighted by Crippen LogP contribution is -2.61. The molecule has 0 radical (unpaired) electrons. The molecule has 1 aromatic rings. The molecular formula is C32H56N12O10. The van der Waals surface area contributed by atoms with Crippen LogP contribution in [0.4, 0.5) is 0 Å². The number of carboxylic acid groups (broad SMARTS) is 1. The van der Waals surface area contributed by atoms with Gasteiger partial charge in [-0.25, -0.2) is 9.78 Å². The molecule has 8 atom stereocenters. The predicted octanol–water partition coefficient (Wildman–Crippen LogP) is -4.76. The number of carboxylic acids is 1. The summed E-state index contributed by atoms with van der Waals surface area (Å²) in [5.74, 6) is -7.73. The van der Waals surface area contributed by atoms with E-state index in [0.717, 1.165) is 0 Å². The molecule has 0 unspecified atom stereocenters. The average molecular weight is 769 g/mol. The highest BCUT2D eigenvalue weighted by atomic mass is 16.4. The number of H-pyrrole nitrogens is 1. The van der Waals surface area contributed by atoms with Crippen molar-refractivity contribution in [2.24, 2.45) is 23.3 Å². The maximum absolute atomic E-state index is 13.6. The summed E-state index contributed by atoms with van der Waals surface area (Å²) in [6, 6.07) is -9.28. The van der Waals surface area contributed by atoms with Gasteiger partial charge >= 0.3 is 5.97 Å². The molecule has 1 aromatic heterocycles. The first-order valence-corrected chi connectivity index (χ1v) is 17.4. The number of aliphatic hydroxyl groups is 2. The van der Waals surface area contributed by atoms with Gasteiger partial charge in [0.05, 0.1) is 25.2 Å². The van der Waals surface area contributed by atoms with Gasteiger partial charge in [-0.3, -0.25) is 34.2 Å². The van der Waals surface area contributed by atoms with Crippen LogP contribution in [0.3, 0.4) is 0 Å². The average Bonchev–Trinajstić information content (AvgIpc) is 3.64. The summed E-state index contributed by atoms with van der Waals surface area (Å²) in [5, 5.41) is 53.1. The molecule has 0 aromatic carbocycles. The Balaban J connectivity index is 3.16. The maximum atomic E-state index is 13.6. The van der Waals surface area contributed by atoms with E-state index in [2.05, 4.69) is 47.2 Å². The minimum Gasteiger partial charge on any atom is -0.480 e. The number of amides is 6. The highest BCUT2D eigenvalue weighted by Gasteiger charge is 2.34. The molecule has 0 bridgehead atoms. The summed E-state index contributed by atoms with van der Waals surface area (Å²) in [5.41, 5.74) is 11.3. The van der Waals surface area contributed by atoms with Crippen LogP contribution in [0.1, 0.15) is 59.6 Å². The zero-order valence-electron chi connectivity index (χ0n) is 31.1. The molecular weight excluding hydrogens is 712 g/mol. The number of nitrogens with one attached hydrogen (secondary N) is 9. The van der Waals surface area contributed by atoms with E-state index in [1.165, 1.54) is 19.4 Å². The molecule has 304 valence electrons. The van der Waals surface area contributed by atoms with Gasteiger partial charge in [0.2, 0.25) is 35.4 Å². The number of rotatable bonds is 24. The molecule has 22 heteroatoms. The molecule has 0 spiro atoms. The van der Waals surface area contributed by atoms with Crippen LogP contribution in [0.25, 0.3) is 0 Å². The number of aromatic amines is 1. The van der Waals surface area contributed by atoms with Crippen molar-refractivity contribution in [2.75, 3.05) is 19.8 Å². The number of hydrogen-bond acceptors (Lipinski definition) is 12. The highest BCUT2D eigenvalue weighted by Crippen LogP contribution is 2.11. The first-order valence-electron chi connectivity index (χ1n) is 17.4. The van der Waals surface area contributed by atoms with Crippen molar-refractivity contribution in [3.05, 3.63) is 18.2 Å². The van der Waals surface area contributed by atoms with Crippen LogP contribution in [0.5, 0.6) is 0 Å². The second-order valence-electron chi connectivity index (χ2n) is 13.1. The van der Waals surface area contributed by atoms with E-state index in [-0.39, 0.29) is 31.8 Å². The smallest absolute Gasteiger partial charge is 0.326 e. The third-order valence-corrected chi connectivity index (χ3v) is 8.34. The summed E-state index contributed by atoms with van der Waals surface area (Å²) in [7, 11) is 0. The van der Waals surface area contributed by atoms with E-state index < -0.39 is 109 Å². The fourth-order valence-corrected chi connectivity index (χ4v) is 4.84. The number of carbonyl (C=O) groups excluding carboxylic acids is 6. The minimum atomic E-state index is -1.58. The second kappa shape index (κ2) is 23.3. The molecule has 0 aliphatic carbocycles. The Morgan fingerprint density at radius 1 is 0.796 bits per heavy atom. The summed E-state index contributed by atoms with van der Waals surface area (Å²) in [6.45, 7) is 6.44. The van der Waals surface area contributed by atoms with Gasteiger partial charge in [-0.15, -0.1) is 0 Å². The Hall–Kier alpha value is -5.35. The number of hydrogen-bond donors (Lipinski definition) is 14.